The van der Waals surface area contributed by atoms with Crippen LogP contribution >= 0.6 is 0 Å². The minimum absolute atomic E-state index is 0.0224. The highest BCUT2D eigenvalue weighted by atomic mass is 16.4. The Morgan fingerprint density at radius 2 is 1.96 bits per heavy atom. The van der Waals surface area contributed by atoms with Gasteiger partial charge in [0, 0.05) is 11.5 Å². The molecule has 1 atom stereocenters. The highest BCUT2D eigenvalue weighted by molar-refractivity contribution is 5.34. The molecule has 0 aliphatic heterocycles. The zero-order chi connectivity index (χ0) is 16.3. The maximum absolute atomic E-state index is 12.2. The van der Waals surface area contributed by atoms with Gasteiger partial charge in [0.25, 0.3) is 0 Å². The Balaban J connectivity index is 1.96. The first-order valence-electron chi connectivity index (χ1n) is 7.79. The molecule has 1 aliphatic rings. The number of benzene rings is 1. The van der Waals surface area contributed by atoms with Gasteiger partial charge in [-0.25, -0.2) is 4.79 Å². The maximum Gasteiger partial charge on any atom is 0.342 e. The Hall–Kier alpha value is -2.55. The second-order valence-electron chi connectivity index (χ2n) is 6.20. The highest BCUT2D eigenvalue weighted by Crippen LogP contribution is 2.37. The lowest BCUT2D eigenvalue weighted by Gasteiger charge is -2.31. The van der Waals surface area contributed by atoms with Crippen LogP contribution in [-0.2, 0) is 12.8 Å². The van der Waals surface area contributed by atoms with Gasteiger partial charge in [0.2, 0.25) is 0 Å². The van der Waals surface area contributed by atoms with Gasteiger partial charge in [0.1, 0.15) is 11.5 Å². The average molecular weight is 308 g/mol. The van der Waals surface area contributed by atoms with E-state index in [1.54, 1.807) is 6.92 Å². The van der Waals surface area contributed by atoms with E-state index in [1.165, 1.54) is 11.6 Å². The number of rotatable bonds is 4. The van der Waals surface area contributed by atoms with Crippen molar-refractivity contribution in [2.45, 2.75) is 26.2 Å². The van der Waals surface area contributed by atoms with Gasteiger partial charge in [-0.3, -0.25) is 0 Å². The van der Waals surface area contributed by atoms with Crippen LogP contribution in [0, 0.1) is 12.3 Å². The summed E-state index contributed by atoms with van der Waals surface area (Å²) in [5, 5.41) is 10.2. The Morgan fingerprint density at radius 3 is 2.61 bits per heavy atom. The Bertz CT molecular complexity index is 799. The Morgan fingerprint density at radius 1 is 1.17 bits per heavy atom. The summed E-state index contributed by atoms with van der Waals surface area (Å²) in [5.41, 5.74) is 0.894. The van der Waals surface area contributed by atoms with Gasteiger partial charge in [-0.05, 0) is 31.7 Å². The normalized spacial score (nSPS) is 19.9. The summed E-state index contributed by atoms with van der Waals surface area (Å²) >= 11 is 0. The minimum atomic E-state index is -0.446. The summed E-state index contributed by atoms with van der Waals surface area (Å²) in [7, 11) is 0. The molecule has 1 aliphatic carbocycles. The lowest BCUT2D eigenvalue weighted by molar-refractivity contribution is 0.350. The molecule has 118 valence electrons. The monoisotopic (exact) mass is 308 g/mol. The van der Waals surface area contributed by atoms with Gasteiger partial charge in [-0.2, -0.15) is 0 Å². The Labute approximate surface area is 135 Å². The molecule has 3 nitrogen and oxygen atoms in total. The van der Waals surface area contributed by atoms with Crippen molar-refractivity contribution in [3.05, 3.63) is 88.0 Å². The molecule has 0 amide bonds. The van der Waals surface area contributed by atoms with Crippen molar-refractivity contribution in [3.8, 4) is 5.75 Å². The number of aromatic hydroxyl groups is 1. The molecule has 1 N–H and O–H groups in total. The van der Waals surface area contributed by atoms with Crippen LogP contribution in [0.15, 0.2) is 69.9 Å². The smallest absolute Gasteiger partial charge is 0.342 e. The lowest BCUT2D eigenvalue weighted by atomic mass is 9.72. The van der Waals surface area contributed by atoms with Crippen LogP contribution in [-0.4, -0.2) is 5.11 Å². The van der Waals surface area contributed by atoms with E-state index in [9.17, 15) is 9.90 Å². The van der Waals surface area contributed by atoms with E-state index >= 15 is 0 Å². The van der Waals surface area contributed by atoms with Crippen molar-refractivity contribution in [2.75, 3.05) is 0 Å². The van der Waals surface area contributed by atoms with Crippen molar-refractivity contribution >= 4 is 0 Å². The molecule has 23 heavy (non-hydrogen) atoms. The molecule has 0 fully saturated rings. The van der Waals surface area contributed by atoms with Gasteiger partial charge < -0.3 is 9.52 Å². The molecule has 3 rings (SSSR count). The first-order chi connectivity index (χ1) is 11.1. The van der Waals surface area contributed by atoms with Crippen molar-refractivity contribution in [2.24, 2.45) is 5.41 Å². The van der Waals surface area contributed by atoms with Gasteiger partial charge >= 0.3 is 5.63 Å². The molecule has 0 saturated heterocycles. The third-order valence-corrected chi connectivity index (χ3v) is 4.30. The topological polar surface area (TPSA) is 50.4 Å². The van der Waals surface area contributed by atoms with Gasteiger partial charge in [-0.1, -0.05) is 54.6 Å². The quantitative estimate of drug-likeness (QED) is 0.930. The van der Waals surface area contributed by atoms with E-state index < -0.39 is 5.63 Å². The molecule has 0 saturated carbocycles. The number of hydrogen-bond donors (Lipinski definition) is 1. The van der Waals surface area contributed by atoms with E-state index in [2.05, 4.69) is 24.3 Å². The van der Waals surface area contributed by atoms with Crippen molar-refractivity contribution in [3.63, 3.8) is 0 Å². The molecule has 1 unspecified atom stereocenters. The van der Waals surface area contributed by atoms with E-state index in [0.29, 0.717) is 17.7 Å². The molecule has 0 radical (unpaired) electrons. The van der Waals surface area contributed by atoms with Crippen LogP contribution in [0.1, 0.15) is 23.3 Å². The van der Waals surface area contributed by atoms with Crippen LogP contribution in [0.4, 0.5) is 0 Å². The molecule has 1 aromatic carbocycles. The first kappa shape index (κ1) is 15.3. The number of allylic oxidation sites excluding steroid dienone is 4. The molecular formula is C20H20O3. The molecule has 1 aromatic heterocycles. The molecule has 3 heteroatoms. The highest BCUT2D eigenvalue weighted by Gasteiger charge is 2.30. The Kier molecular flexibility index (Phi) is 4.20. The van der Waals surface area contributed by atoms with Gasteiger partial charge in [0.05, 0.1) is 5.56 Å². The van der Waals surface area contributed by atoms with E-state index in [1.807, 2.05) is 30.4 Å². The van der Waals surface area contributed by atoms with Crippen LogP contribution in [0.3, 0.4) is 0 Å². The fourth-order valence-electron chi connectivity index (χ4n) is 3.17. The number of aryl methyl sites for hydroxylation is 1. The fraction of sp³-hybridized carbons (Fsp3) is 0.250. The lowest BCUT2D eigenvalue weighted by Crippen LogP contribution is -2.27. The summed E-state index contributed by atoms with van der Waals surface area (Å²) in [4.78, 5) is 12.2. The third kappa shape index (κ3) is 3.45. The summed E-state index contributed by atoms with van der Waals surface area (Å²) in [6.07, 6.45) is 10.4. The molecule has 1 heterocycles. The van der Waals surface area contributed by atoms with Crippen molar-refractivity contribution in [1.82, 2.24) is 0 Å². The number of hydrogen-bond acceptors (Lipinski definition) is 3. The third-order valence-electron chi connectivity index (χ3n) is 4.30. The first-order valence-corrected chi connectivity index (χ1v) is 7.79. The summed E-state index contributed by atoms with van der Waals surface area (Å²) in [5.74, 6) is 0.446. The van der Waals surface area contributed by atoms with Gasteiger partial charge in [-0.15, -0.1) is 0 Å². The van der Waals surface area contributed by atoms with E-state index in [-0.39, 0.29) is 11.2 Å². The largest absolute Gasteiger partial charge is 0.507 e. The predicted molar refractivity (Wildman–Crippen MR) is 90.6 cm³/mol. The fourth-order valence-corrected chi connectivity index (χ4v) is 3.17. The van der Waals surface area contributed by atoms with Crippen LogP contribution in [0.25, 0.3) is 0 Å². The molecular weight excluding hydrogens is 288 g/mol. The van der Waals surface area contributed by atoms with E-state index in [4.69, 9.17) is 4.42 Å². The minimum Gasteiger partial charge on any atom is -0.507 e. The molecule has 2 aromatic rings. The zero-order valence-corrected chi connectivity index (χ0v) is 13.2. The van der Waals surface area contributed by atoms with Crippen LogP contribution in [0.5, 0.6) is 5.75 Å². The van der Waals surface area contributed by atoms with E-state index in [0.717, 1.165) is 12.8 Å². The van der Waals surface area contributed by atoms with Crippen LogP contribution in [0.2, 0.25) is 0 Å². The summed E-state index contributed by atoms with van der Waals surface area (Å²) in [6, 6.07) is 11.7. The maximum atomic E-state index is 12.2. The summed E-state index contributed by atoms with van der Waals surface area (Å²) in [6.45, 7) is 1.66. The predicted octanol–water partition coefficient (Wildman–Crippen LogP) is 3.94. The summed E-state index contributed by atoms with van der Waals surface area (Å²) < 4.78 is 5.17. The second kappa shape index (κ2) is 6.29. The second-order valence-corrected chi connectivity index (χ2v) is 6.20. The SMILES string of the molecule is Cc1cc(O)c(CC2(Cc3ccccc3)C=CC=CC2)c(=O)o1. The van der Waals surface area contributed by atoms with Crippen molar-refractivity contribution < 1.29 is 9.52 Å². The molecule has 0 spiro atoms. The average Bonchev–Trinajstić information content (AvgIpc) is 2.53. The van der Waals surface area contributed by atoms with Crippen molar-refractivity contribution in [1.29, 1.82) is 0 Å². The standard InChI is InChI=1S/C20H20O3/c1-15-12-18(21)17(19(22)23-15)14-20(10-6-3-7-11-20)13-16-8-4-2-5-9-16/h2-10,12,21H,11,13-14H2,1H3. The molecule has 0 bridgehead atoms. The van der Waals surface area contributed by atoms with Gasteiger partial charge in [0.15, 0.2) is 0 Å². The zero-order valence-electron chi connectivity index (χ0n) is 13.2. The van der Waals surface area contributed by atoms with Crippen LogP contribution < -0.4 is 5.63 Å².